The largest absolute Gasteiger partial charge is 0.480 e. The van der Waals surface area contributed by atoms with Crippen LogP contribution in [0.1, 0.15) is 49.6 Å². The summed E-state index contributed by atoms with van der Waals surface area (Å²) in [5, 5.41) is 9.23. The number of carboxylic acids is 1. The Labute approximate surface area is 112 Å². The van der Waals surface area contributed by atoms with Gasteiger partial charge in [-0.3, -0.25) is 4.79 Å². The first-order valence-corrected chi connectivity index (χ1v) is 6.73. The molecule has 0 bridgehead atoms. The van der Waals surface area contributed by atoms with Gasteiger partial charge in [-0.2, -0.15) is 0 Å². The number of nitrogens with zero attached hydrogens (tertiary/aromatic N) is 2. The van der Waals surface area contributed by atoms with Crippen LogP contribution in [0.15, 0.2) is 18.3 Å². The number of aliphatic carboxylic acids is 1. The molecule has 19 heavy (non-hydrogen) atoms. The fourth-order valence-corrected chi connectivity index (χ4v) is 2.60. The minimum Gasteiger partial charge on any atom is -0.480 e. The lowest BCUT2D eigenvalue weighted by Gasteiger charge is -2.33. The normalized spacial score (nSPS) is 19.7. The maximum absolute atomic E-state index is 12.5. The molecule has 0 saturated carbocycles. The van der Waals surface area contributed by atoms with E-state index in [1.807, 2.05) is 30.7 Å². The van der Waals surface area contributed by atoms with Crippen molar-refractivity contribution in [2.75, 3.05) is 6.54 Å². The molecule has 104 valence electrons. The maximum atomic E-state index is 12.5. The van der Waals surface area contributed by atoms with Crippen LogP contribution in [-0.4, -0.2) is 39.0 Å². The average Bonchev–Trinajstić information content (AvgIpc) is 2.87. The van der Waals surface area contributed by atoms with Crippen LogP contribution in [-0.2, 0) is 4.79 Å². The number of rotatable bonds is 3. The van der Waals surface area contributed by atoms with Crippen molar-refractivity contribution in [1.82, 2.24) is 9.47 Å². The van der Waals surface area contributed by atoms with Crippen LogP contribution in [0.2, 0.25) is 0 Å². The Morgan fingerprint density at radius 1 is 1.37 bits per heavy atom. The second-order valence-corrected chi connectivity index (χ2v) is 5.24. The van der Waals surface area contributed by atoms with E-state index in [0.29, 0.717) is 18.7 Å². The van der Waals surface area contributed by atoms with Gasteiger partial charge in [-0.15, -0.1) is 0 Å². The van der Waals surface area contributed by atoms with Crippen molar-refractivity contribution in [2.24, 2.45) is 0 Å². The van der Waals surface area contributed by atoms with Crippen LogP contribution in [0.5, 0.6) is 0 Å². The van der Waals surface area contributed by atoms with E-state index in [-0.39, 0.29) is 11.9 Å². The Morgan fingerprint density at radius 2 is 2.11 bits per heavy atom. The fraction of sp³-hybridized carbons (Fsp3) is 0.571. The molecule has 2 heterocycles. The lowest BCUT2D eigenvalue weighted by Crippen LogP contribution is -2.48. The van der Waals surface area contributed by atoms with Crippen LogP contribution < -0.4 is 0 Å². The lowest BCUT2D eigenvalue weighted by molar-refractivity contribution is -0.143. The highest BCUT2D eigenvalue weighted by atomic mass is 16.4. The van der Waals surface area contributed by atoms with Crippen molar-refractivity contribution in [1.29, 1.82) is 0 Å². The number of amides is 1. The molecule has 1 fully saturated rings. The Balaban J connectivity index is 2.26. The molecule has 1 aromatic rings. The first-order chi connectivity index (χ1) is 9.02. The molecule has 2 rings (SSSR count). The lowest BCUT2D eigenvalue weighted by atomic mass is 10.0. The number of aromatic nitrogens is 1. The summed E-state index contributed by atoms with van der Waals surface area (Å²) in [5.74, 6) is -1.08. The van der Waals surface area contributed by atoms with E-state index in [9.17, 15) is 14.7 Å². The van der Waals surface area contributed by atoms with Crippen LogP contribution in [0.4, 0.5) is 0 Å². The average molecular weight is 264 g/mol. The van der Waals surface area contributed by atoms with Crippen LogP contribution >= 0.6 is 0 Å². The van der Waals surface area contributed by atoms with Gasteiger partial charge in [0.25, 0.3) is 5.91 Å². The van der Waals surface area contributed by atoms with Crippen molar-refractivity contribution < 1.29 is 14.7 Å². The van der Waals surface area contributed by atoms with Crippen molar-refractivity contribution in [3.8, 4) is 0 Å². The van der Waals surface area contributed by atoms with E-state index in [4.69, 9.17) is 0 Å². The number of piperidine rings is 1. The zero-order valence-corrected chi connectivity index (χ0v) is 11.4. The zero-order valence-electron chi connectivity index (χ0n) is 11.4. The van der Waals surface area contributed by atoms with E-state index < -0.39 is 12.0 Å². The second-order valence-electron chi connectivity index (χ2n) is 5.24. The Kier molecular flexibility index (Phi) is 3.93. The topological polar surface area (TPSA) is 62.5 Å². The minimum atomic E-state index is -0.907. The quantitative estimate of drug-likeness (QED) is 0.909. The number of hydrogen-bond acceptors (Lipinski definition) is 2. The molecule has 0 spiro atoms. The molecule has 1 aliphatic heterocycles. The summed E-state index contributed by atoms with van der Waals surface area (Å²) < 4.78 is 1.88. The van der Waals surface area contributed by atoms with Crippen molar-refractivity contribution >= 4 is 11.9 Å². The van der Waals surface area contributed by atoms with Gasteiger partial charge in [-0.1, -0.05) is 0 Å². The van der Waals surface area contributed by atoms with E-state index in [1.165, 1.54) is 4.90 Å². The van der Waals surface area contributed by atoms with E-state index in [2.05, 4.69) is 0 Å². The Hall–Kier alpha value is -1.78. The van der Waals surface area contributed by atoms with E-state index >= 15 is 0 Å². The molecular formula is C14H20N2O3. The van der Waals surface area contributed by atoms with Gasteiger partial charge in [0.05, 0.1) is 0 Å². The Morgan fingerprint density at radius 3 is 2.74 bits per heavy atom. The van der Waals surface area contributed by atoms with Crippen molar-refractivity contribution in [3.63, 3.8) is 0 Å². The highest BCUT2D eigenvalue weighted by molar-refractivity contribution is 5.95. The van der Waals surface area contributed by atoms with Gasteiger partial charge in [0, 0.05) is 18.8 Å². The molecule has 1 aliphatic rings. The van der Waals surface area contributed by atoms with Gasteiger partial charge in [0.2, 0.25) is 0 Å². The van der Waals surface area contributed by atoms with Gasteiger partial charge in [0.15, 0.2) is 0 Å². The third-order valence-electron chi connectivity index (χ3n) is 3.60. The molecule has 5 heteroatoms. The zero-order chi connectivity index (χ0) is 14.0. The molecule has 5 nitrogen and oxygen atoms in total. The molecule has 1 aromatic heterocycles. The van der Waals surface area contributed by atoms with Crippen molar-refractivity contribution in [3.05, 3.63) is 24.0 Å². The molecule has 1 unspecified atom stereocenters. The molecule has 1 amide bonds. The first-order valence-electron chi connectivity index (χ1n) is 6.73. The van der Waals surface area contributed by atoms with E-state index in [1.54, 1.807) is 6.07 Å². The highest BCUT2D eigenvalue weighted by Crippen LogP contribution is 2.21. The molecule has 0 aliphatic carbocycles. The summed E-state index contributed by atoms with van der Waals surface area (Å²) in [6.45, 7) is 4.53. The summed E-state index contributed by atoms with van der Waals surface area (Å²) in [6, 6.07) is 3.08. The minimum absolute atomic E-state index is 0.175. The van der Waals surface area contributed by atoms with Crippen LogP contribution in [0, 0.1) is 0 Å². The molecular weight excluding hydrogens is 244 g/mol. The second kappa shape index (κ2) is 5.47. The smallest absolute Gasteiger partial charge is 0.326 e. The third-order valence-corrected chi connectivity index (χ3v) is 3.60. The number of hydrogen-bond donors (Lipinski definition) is 1. The summed E-state index contributed by atoms with van der Waals surface area (Å²) in [5.41, 5.74) is 0.572. The van der Waals surface area contributed by atoms with Gasteiger partial charge in [-0.25, -0.2) is 4.79 Å². The number of carbonyl (C=O) groups is 2. The molecule has 1 atom stereocenters. The molecule has 0 radical (unpaired) electrons. The molecule has 0 aromatic carbocycles. The molecule has 1 saturated heterocycles. The van der Waals surface area contributed by atoms with Crippen molar-refractivity contribution in [2.45, 2.75) is 45.2 Å². The van der Waals surface area contributed by atoms with Gasteiger partial charge in [0.1, 0.15) is 11.7 Å². The fourth-order valence-electron chi connectivity index (χ4n) is 2.60. The summed E-state index contributed by atoms with van der Waals surface area (Å²) in [4.78, 5) is 25.3. The van der Waals surface area contributed by atoms with Gasteiger partial charge >= 0.3 is 5.97 Å². The number of carbonyl (C=O) groups excluding carboxylic acids is 1. The third kappa shape index (κ3) is 2.64. The van der Waals surface area contributed by atoms with Gasteiger partial charge in [-0.05, 0) is 45.2 Å². The summed E-state index contributed by atoms with van der Waals surface area (Å²) in [6.07, 6.45) is 4.14. The monoisotopic (exact) mass is 264 g/mol. The first kappa shape index (κ1) is 13.6. The Bertz CT molecular complexity index is 479. The standard InChI is InChI=1S/C14H20N2O3/c1-10(2)15-9-5-7-11(15)13(17)16-8-4-3-6-12(16)14(18)19/h5,7,9-10,12H,3-4,6,8H2,1-2H3,(H,18,19). The SMILES string of the molecule is CC(C)n1cccc1C(=O)N1CCCCC1C(=O)O. The summed E-state index contributed by atoms with van der Waals surface area (Å²) >= 11 is 0. The number of carboxylic acid groups (broad SMARTS) is 1. The maximum Gasteiger partial charge on any atom is 0.326 e. The molecule has 1 N–H and O–H groups in total. The predicted molar refractivity (Wildman–Crippen MR) is 71.1 cm³/mol. The van der Waals surface area contributed by atoms with E-state index in [0.717, 1.165) is 12.8 Å². The predicted octanol–water partition coefficient (Wildman–Crippen LogP) is 2.15. The van der Waals surface area contributed by atoms with Crippen LogP contribution in [0.3, 0.4) is 0 Å². The summed E-state index contributed by atoms with van der Waals surface area (Å²) in [7, 11) is 0. The van der Waals surface area contributed by atoms with Gasteiger partial charge < -0.3 is 14.6 Å². The van der Waals surface area contributed by atoms with Crippen LogP contribution in [0.25, 0.3) is 0 Å². The number of likely N-dealkylation sites (tertiary alicyclic amines) is 1. The highest BCUT2D eigenvalue weighted by Gasteiger charge is 2.33.